The number of likely N-dealkylation sites (N-methyl/N-ethyl adjacent to an activating group) is 1. The van der Waals surface area contributed by atoms with E-state index in [0.717, 1.165) is 13.1 Å². The lowest BCUT2D eigenvalue weighted by Crippen LogP contribution is -2.70. The number of amides is 1. The molecule has 0 aromatic rings. The summed E-state index contributed by atoms with van der Waals surface area (Å²) in [6, 6.07) is 1.03. The molecule has 3 aliphatic rings. The molecule has 3 heterocycles. The van der Waals surface area contributed by atoms with Crippen molar-refractivity contribution >= 4 is 5.91 Å². The van der Waals surface area contributed by atoms with Crippen LogP contribution in [0.3, 0.4) is 0 Å². The van der Waals surface area contributed by atoms with Crippen LogP contribution in [0.2, 0.25) is 0 Å². The molecule has 2 atom stereocenters. The van der Waals surface area contributed by atoms with Gasteiger partial charge in [-0.25, -0.2) is 0 Å². The molecule has 0 spiro atoms. The summed E-state index contributed by atoms with van der Waals surface area (Å²) >= 11 is 0. The fourth-order valence-corrected chi connectivity index (χ4v) is 2.48. The Kier molecular flexibility index (Phi) is 2.06. The van der Waals surface area contributed by atoms with E-state index >= 15 is 0 Å². The maximum atomic E-state index is 11.8. The minimum absolute atomic E-state index is 0.161. The Bertz CT molecular complexity index is 215. The number of hydrogen-bond donors (Lipinski definition) is 0. The van der Waals surface area contributed by atoms with E-state index in [-0.39, 0.29) is 5.92 Å². The van der Waals surface area contributed by atoms with Crippen molar-refractivity contribution in [1.29, 1.82) is 0 Å². The second-order valence-corrected chi connectivity index (χ2v) is 4.66. The van der Waals surface area contributed by atoms with E-state index in [2.05, 4.69) is 16.8 Å². The molecule has 13 heavy (non-hydrogen) atoms. The van der Waals surface area contributed by atoms with Crippen LogP contribution in [-0.2, 0) is 4.79 Å². The van der Waals surface area contributed by atoms with E-state index in [4.69, 9.17) is 0 Å². The largest absolute Gasteiger partial charge is 0.334 e. The molecule has 74 valence electrons. The van der Waals surface area contributed by atoms with Gasteiger partial charge in [0, 0.05) is 31.1 Å². The third-order valence-corrected chi connectivity index (χ3v) is 3.12. The zero-order valence-corrected chi connectivity index (χ0v) is 8.66. The smallest absolute Gasteiger partial charge is 0.225 e. The number of nitrogens with zero attached hydrogens (tertiary/aromatic N) is 2. The van der Waals surface area contributed by atoms with Crippen molar-refractivity contribution in [1.82, 2.24) is 9.80 Å². The predicted octanol–water partition coefficient (Wildman–Crippen LogP) is 0.557. The molecule has 3 heteroatoms. The molecule has 3 saturated heterocycles. The van der Waals surface area contributed by atoms with Crippen LogP contribution in [0.25, 0.3) is 0 Å². The zero-order chi connectivity index (χ0) is 9.59. The van der Waals surface area contributed by atoms with Crippen LogP contribution in [0.1, 0.15) is 20.3 Å². The first-order valence-corrected chi connectivity index (χ1v) is 5.10. The first-order valence-electron chi connectivity index (χ1n) is 5.10. The van der Waals surface area contributed by atoms with E-state index in [1.54, 1.807) is 0 Å². The molecule has 0 N–H and O–H groups in total. The van der Waals surface area contributed by atoms with E-state index in [9.17, 15) is 4.79 Å². The van der Waals surface area contributed by atoms with Crippen molar-refractivity contribution in [3.05, 3.63) is 0 Å². The summed E-state index contributed by atoms with van der Waals surface area (Å²) in [5.41, 5.74) is 0. The molecule has 0 saturated carbocycles. The summed E-state index contributed by atoms with van der Waals surface area (Å²) in [6.45, 7) is 6.10. The molecular formula is C10H18N2O. The first kappa shape index (κ1) is 9.00. The lowest BCUT2D eigenvalue weighted by atomic mass is 9.86. The van der Waals surface area contributed by atoms with Gasteiger partial charge in [0.25, 0.3) is 0 Å². The zero-order valence-electron chi connectivity index (χ0n) is 8.66. The molecule has 3 fully saturated rings. The molecular weight excluding hydrogens is 164 g/mol. The number of hydrogen-bond acceptors (Lipinski definition) is 2. The van der Waals surface area contributed by atoms with Crippen LogP contribution >= 0.6 is 0 Å². The van der Waals surface area contributed by atoms with Crippen LogP contribution in [0.15, 0.2) is 0 Å². The lowest BCUT2D eigenvalue weighted by molar-refractivity contribution is -0.156. The van der Waals surface area contributed by atoms with Gasteiger partial charge in [0.1, 0.15) is 0 Å². The van der Waals surface area contributed by atoms with E-state index in [1.165, 1.54) is 6.42 Å². The highest BCUT2D eigenvalue weighted by molar-refractivity contribution is 5.80. The van der Waals surface area contributed by atoms with Gasteiger partial charge in [-0.2, -0.15) is 0 Å². The summed E-state index contributed by atoms with van der Waals surface area (Å²) in [4.78, 5) is 16.2. The Morgan fingerprint density at radius 2 is 1.85 bits per heavy atom. The maximum Gasteiger partial charge on any atom is 0.225 e. The van der Waals surface area contributed by atoms with Crippen LogP contribution in [-0.4, -0.2) is 47.9 Å². The Morgan fingerprint density at radius 1 is 1.31 bits per heavy atom. The highest BCUT2D eigenvalue weighted by Gasteiger charge is 2.46. The van der Waals surface area contributed by atoms with Gasteiger partial charge < -0.3 is 9.80 Å². The summed E-state index contributed by atoms with van der Waals surface area (Å²) in [7, 11) is 2.14. The summed E-state index contributed by atoms with van der Waals surface area (Å²) in [5.74, 6) is 0.503. The van der Waals surface area contributed by atoms with Gasteiger partial charge in [-0.05, 0) is 13.5 Å². The van der Waals surface area contributed by atoms with E-state index < -0.39 is 0 Å². The Morgan fingerprint density at radius 3 is 2.31 bits per heavy atom. The topological polar surface area (TPSA) is 23.6 Å². The number of carbonyl (C=O) groups is 1. The van der Waals surface area contributed by atoms with Gasteiger partial charge in [-0.3, -0.25) is 4.79 Å². The van der Waals surface area contributed by atoms with Gasteiger partial charge in [0.05, 0.1) is 0 Å². The molecule has 1 amide bonds. The Balaban J connectivity index is 2.01. The van der Waals surface area contributed by atoms with Crippen LogP contribution in [0.5, 0.6) is 0 Å². The monoisotopic (exact) mass is 182 g/mol. The third-order valence-electron chi connectivity index (χ3n) is 3.12. The highest BCUT2D eigenvalue weighted by Crippen LogP contribution is 2.32. The quantitative estimate of drug-likeness (QED) is 0.591. The van der Waals surface area contributed by atoms with E-state index in [1.807, 2.05) is 13.8 Å². The summed E-state index contributed by atoms with van der Waals surface area (Å²) < 4.78 is 0. The Labute approximate surface area is 79.7 Å². The number of fused-ring (bicyclic) bond motifs is 2. The fraction of sp³-hybridized carbons (Fsp3) is 0.900. The molecule has 0 aromatic heterocycles. The number of carbonyl (C=O) groups excluding carboxylic acids is 1. The standard InChI is InChI=1S/C10H18N2O/c1-7(2)10(13)12-8-4-9(12)6-11(3)5-8/h7-9H,4-6H2,1-3H3. The van der Waals surface area contributed by atoms with Crippen molar-refractivity contribution < 1.29 is 4.79 Å². The first-order chi connectivity index (χ1) is 6.09. The second kappa shape index (κ2) is 2.98. The molecule has 0 aliphatic carbocycles. The van der Waals surface area contributed by atoms with Gasteiger partial charge in [0.2, 0.25) is 5.91 Å². The summed E-state index contributed by atoms with van der Waals surface area (Å²) in [5, 5.41) is 0. The minimum Gasteiger partial charge on any atom is -0.334 e. The molecule has 3 aliphatic heterocycles. The van der Waals surface area contributed by atoms with Crippen LogP contribution < -0.4 is 0 Å². The van der Waals surface area contributed by atoms with Crippen molar-refractivity contribution in [2.24, 2.45) is 5.92 Å². The molecule has 3 rings (SSSR count). The average Bonchev–Trinajstić information content (AvgIpc) is 2.03. The maximum absolute atomic E-state index is 11.8. The van der Waals surface area contributed by atoms with Crippen molar-refractivity contribution in [3.8, 4) is 0 Å². The third kappa shape index (κ3) is 1.35. The molecule has 2 bridgehead atoms. The van der Waals surface area contributed by atoms with Gasteiger partial charge in [-0.15, -0.1) is 0 Å². The number of rotatable bonds is 1. The molecule has 0 aromatic carbocycles. The van der Waals surface area contributed by atoms with Gasteiger partial charge in [-0.1, -0.05) is 13.8 Å². The number of piperazine rings is 1. The summed E-state index contributed by atoms with van der Waals surface area (Å²) in [6.07, 6.45) is 1.23. The Hall–Kier alpha value is -0.570. The van der Waals surface area contributed by atoms with Crippen molar-refractivity contribution in [2.45, 2.75) is 32.4 Å². The highest BCUT2D eigenvalue weighted by atomic mass is 16.2. The van der Waals surface area contributed by atoms with Crippen LogP contribution in [0.4, 0.5) is 0 Å². The lowest BCUT2D eigenvalue weighted by Gasteiger charge is -2.56. The van der Waals surface area contributed by atoms with Gasteiger partial charge >= 0.3 is 0 Å². The molecule has 2 unspecified atom stereocenters. The predicted molar refractivity (Wildman–Crippen MR) is 51.4 cm³/mol. The van der Waals surface area contributed by atoms with Crippen molar-refractivity contribution in [3.63, 3.8) is 0 Å². The second-order valence-electron chi connectivity index (χ2n) is 4.66. The SMILES string of the molecule is CC(C)C(=O)N1C2CC1CN(C)C2. The van der Waals surface area contributed by atoms with E-state index in [0.29, 0.717) is 18.0 Å². The average molecular weight is 182 g/mol. The molecule has 3 nitrogen and oxygen atoms in total. The molecule has 0 radical (unpaired) electrons. The van der Waals surface area contributed by atoms with Gasteiger partial charge in [0.15, 0.2) is 0 Å². The fourth-order valence-electron chi connectivity index (χ4n) is 2.48. The normalized spacial score (nSPS) is 33.4. The van der Waals surface area contributed by atoms with Crippen LogP contribution in [0, 0.1) is 5.92 Å². The minimum atomic E-state index is 0.161. The van der Waals surface area contributed by atoms with Crippen molar-refractivity contribution in [2.75, 3.05) is 20.1 Å². The number of piperidine rings is 1.